The van der Waals surface area contributed by atoms with Crippen LogP contribution >= 0.6 is 23.2 Å². The number of amides is 1. The Morgan fingerprint density at radius 2 is 2.08 bits per heavy atom. The Morgan fingerprint density at radius 3 is 2.81 bits per heavy atom. The molecule has 26 heavy (non-hydrogen) atoms. The smallest absolute Gasteiger partial charge is 0.258 e. The van der Waals surface area contributed by atoms with Gasteiger partial charge in [-0.25, -0.2) is 0 Å². The molecule has 0 bridgehead atoms. The monoisotopic (exact) mass is 391 g/mol. The van der Waals surface area contributed by atoms with Gasteiger partial charge in [-0.2, -0.15) is 5.10 Å². The van der Waals surface area contributed by atoms with Crippen molar-refractivity contribution in [3.8, 4) is 17.0 Å². The third-order valence-electron chi connectivity index (χ3n) is 3.46. The molecule has 3 aromatic rings. The van der Waals surface area contributed by atoms with E-state index in [-0.39, 0.29) is 19.1 Å². The third-order valence-corrected chi connectivity index (χ3v) is 3.99. The summed E-state index contributed by atoms with van der Waals surface area (Å²) in [7, 11) is 1.82. The number of benzene rings is 1. The number of aryl methyl sites for hydroxylation is 1. The van der Waals surface area contributed by atoms with Crippen LogP contribution in [0.4, 0.5) is 0 Å². The van der Waals surface area contributed by atoms with Gasteiger partial charge in [-0.1, -0.05) is 23.2 Å². The number of nitrogens with zero attached hydrogens (tertiary/aromatic N) is 4. The lowest BCUT2D eigenvalue weighted by molar-refractivity contribution is -0.123. The minimum Gasteiger partial charge on any atom is -0.482 e. The molecule has 0 aliphatic carbocycles. The number of ether oxygens (including phenoxy) is 1. The summed E-state index contributed by atoms with van der Waals surface area (Å²) in [5.74, 6) is 0.0839. The molecule has 2 heterocycles. The molecule has 134 valence electrons. The van der Waals surface area contributed by atoms with Crippen molar-refractivity contribution in [2.24, 2.45) is 7.05 Å². The maximum absolute atomic E-state index is 12.0. The van der Waals surface area contributed by atoms with E-state index in [0.717, 1.165) is 5.56 Å². The number of halogens is 2. The number of nitrogens with one attached hydrogen (secondary N) is 1. The number of carbonyl (C=O) groups is 1. The van der Waals surface area contributed by atoms with Crippen LogP contribution in [-0.4, -0.2) is 32.3 Å². The second kappa shape index (κ2) is 8.16. The van der Waals surface area contributed by atoms with Gasteiger partial charge in [0.2, 0.25) is 0 Å². The van der Waals surface area contributed by atoms with Crippen molar-refractivity contribution >= 4 is 29.1 Å². The SMILES string of the molecule is Cn1cc(-c2nccnc2CNC(=O)COc2ccc(Cl)cc2Cl)cn1. The third kappa shape index (κ3) is 4.50. The molecule has 3 rings (SSSR count). The van der Waals surface area contributed by atoms with Crippen LogP contribution < -0.4 is 10.1 Å². The second-order valence-electron chi connectivity index (χ2n) is 5.39. The lowest BCUT2D eigenvalue weighted by Gasteiger charge is -2.10. The Balaban J connectivity index is 1.60. The van der Waals surface area contributed by atoms with Crippen molar-refractivity contribution in [1.82, 2.24) is 25.1 Å². The van der Waals surface area contributed by atoms with Crippen molar-refractivity contribution in [2.75, 3.05) is 6.61 Å². The summed E-state index contributed by atoms with van der Waals surface area (Å²) in [4.78, 5) is 20.7. The number of hydrogen-bond donors (Lipinski definition) is 1. The van der Waals surface area contributed by atoms with Crippen LogP contribution in [0.3, 0.4) is 0 Å². The quantitative estimate of drug-likeness (QED) is 0.698. The maximum Gasteiger partial charge on any atom is 0.258 e. The first kappa shape index (κ1) is 18.2. The Morgan fingerprint density at radius 1 is 1.27 bits per heavy atom. The van der Waals surface area contributed by atoms with E-state index in [4.69, 9.17) is 27.9 Å². The summed E-state index contributed by atoms with van der Waals surface area (Å²) >= 11 is 11.8. The van der Waals surface area contributed by atoms with Gasteiger partial charge >= 0.3 is 0 Å². The second-order valence-corrected chi connectivity index (χ2v) is 6.24. The van der Waals surface area contributed by atoms with E-state index in [0.29, 0.717) is 27.2 Å². The molecule has 0 fully saturated rings. The van der Waals surface area contributed by atoms with Crippen molar-refractivity contribution < 1.29 is 9.53 Å². The molecule has 0 saturated heterocycles. The van der Waals surface area contributed by atoms with Gasteiger partial charge in [-0.05, 0) is 18.2 Å². The highest BCUT2D eigenvalue weighted by atomic mass is 35.5. The molecule has 9 heteroatoms. The molecule has 0 aliphatic rings. The Bertz CT molecular complexity index is 929. The van der Waals surface area contributed by atoms with E-state index in [1.54, 1.807) is 41.5 Å². The molecule has 0 atom stereocenters. The molecule has 1 amide bonds. The van der Waals surface area contributed by atoms with E-state index in [1.807, 2.05) is 13.2 Å². The van der Waals surface area contributed by atoms with Crippen molar-refractivity contribution in [1.29, 1.82) is 0 Å². The Labute approximate surface area is 159 Å². The van der Waals surface area contributed by atoms with Crippen molar-refractivity contribution in [3.63, 3.8) is 0 Å². The first-order chi connectivity index (χ1) is 12.5. The van der Waals surface area contributed by atoms with Crippen LogP contribution in [0.2, 0.25) is 10.0 Å². The average Bonchev–Trinajstić information content (AvgIpc) is 3.05. The van der Waals surface area contributed by atoms with Gasteiger partial charge in [0.15, 0.2) is 6.61 Å². The predicted octanol–water partition coefficient (Wildman–Crippen LogP) is 2.88. The highest BCUT2D eigenvalue weighted by molar-refractivity contribution is 6.35. The van der Waals surface area contributed by atoms with Gasteiger partial charge < -0.3 is 10.1 Å². The van der Waals surface area contributed by atoms with E-state index in [2.05, 4.69) is 20.4 Å². The van der Waals surface area contributed by atoms with Gasteiger partial charge in [0.1, 0.15) is 5.75 Å². The molecule has 7 nitrogen and oxygen atoms in total. The summed E-state index contributed by atoms with van der Waals surface area (Å²) in [6.07, 6.45) is 6.70. The van der Waals surface area contributed by atoms with Crippen molar-refractivity contribution in [3.05, 3.63) is 58.7 Å². The van der Waals surface area contributed by atoms with Crippen molar-refractivity contribution in [2.45, 2.75) is 6.54 Å². The Kier molecular flexibility index (Phi) is 5.70. The molecule has 0 unspecified atom stereocenters. The van der Waals surface area contributed by atoms with Gasteiger partial charge in [0.05, 0.1) is 29.2 Å². The summed E-state index contributed by atoms with van der Waals surface area (Å²) < 4.78 is 7.08. The summed E-state index contributed by atoms with van der Waals surface area (Å²) in [6, 6.07) is 4.80. The van der Waals surface area contributed by atoms with Crippen LogP contribution in [0.15, 0.2) is 43.0 Å². The number of hydrogen-bond acceptors (Lipinski definition) is 5. The minimum absolute atomic E-state index is 0.177. The minimum atomic E-state index is -0.307. The standard InChI is InChI=1S/C17H15Cl2N5O2/c1-24-9-11(7-23-24)17-14(20-4-5-21-17)8-22-16(25)10-26-15-3-2-12(18)6-13(15)19/h2-7,9H,8,10H2,1H3,(H,22,25). The largest absolute Gasteiger partial charge is 0.482 e. The first-order valence-corrected chi connectivity index (χ1v) is 8.42. The predicted molar refractivity (Wildman–Crippen MR) is 98.0 cm³/mol. The zero-order valence-corrected chi connectivity index (χ0v) is 15.3. The molecular weight excluding hydrogens is 377 g/mol. The van der Waals surface area contributed by atoms with Gasteiger partial charge in [0, 0.05) is 36.2 Å². The summed E-state index contributed by atoms with van der Waals surface area (Å²) in [5, 5.41) is 7.72. The zero-order chi connectivity index (χ0) is 18.5. The summed E-state index contributed by atoms with van der Waals surface area (Å²) in [6.45, 7) is 0.0401. The number of rotatable bonds is 6. The lowest BCUT2D eigenvalue weighted by Crippen LogP contribution is -2.29. The number of carbonyl (C=O) groups excluding carboxylic acids is 1. The van der Waals surface area contributed by atoms with Crippen LogP contribution in [0.5, 0.6) is 5.75 Å². The van der Waals surface area contributed by atoms with Gasteiger partial charge in [0.25, 0.3) is 5.91 Å². The Hall–Kier alpha value is -2.64. The molecular formula is C17H15Cl2N5O2. The topological polar surface area (TPSA) is 81.9 Å². The van der Waals surface area contributed by atoms with E-state index < -0.39 is 0 Å². The molecule has 0 spiro atoms. The normalized spacial score (nSPS) is 10.6. The van der Waals surface area contributed by atoms with Crippen LogP contribution in [0.1, 0.15) is 5.69 Å². The van der Waals surface area contributed by atoms with Crippen LogP contribution in [0, 0.1) is 0 Å². The molecule has 1 aromatic carbocycles. The van der Waals surface area contributed by atoms with Gasteiger partial charge in [-0.3, -0.25) is 19.4 Å². The maximum atomic E-state index is 12.0. The van der Waals surface area contributed by atoms with E-state index in [1.165, 1.54) is 0 Å². The van der Waals surface area contributed by atoms with E-state index >= 15 is 0 Å². The molecule has 2 aromatic heterocycles. The highest BCUT2D eigenvalue weighted by Gasteiger charge is 2.12. The zero-order valence-electron chi connectivity index (χ0n) is 13.8. The molecule has 0 saturated carbocycles. The fourth-order valence-corrected chi connectivity index (χ4v) is 2.71. The fraction of sp³-hybridized carbons (Fsp3) is 0.176. The summed E-state index contributed by atoms with van der Waals surface area (Å²) in [5.41, 5.74) is 2.13. The first-order valence-electron chi connectivity index (χ1n) is 7.66. The fourth-order valence-electron chi connectivity index (χ4n) is 2.25. The molecule has 0 radical (unpaired) electrons. The average molecular weight is 392 g/mol. The van der Waals surface area contributed by atoms with Crippen LogP contribution in [0.25, 0.3) is 11.3 Å². The molecule has 1 N–H and O–H groups in total. The molecule has 0 aliphatic heterocycles. The van der Waals surface area contributed by atoms with Crippen LogP contribution in [-0.2, 0) is 18.4 Å². The number of aromatic nitrogens is 4. The van der Waals surface area contributed by atoms with Gasteiger partial charge in [-0.15, -0.1) is 0 Å². The highest BCUT2D eigenvalue weighted by Crippen LogP contribution is 2.27. The lowest BCUT2D eigenvalue weighted by atomic mass is 10.2. The van der Waals surface area contributed by atoms with E-state index in [9.17, 15) is 4.79 Å².